The second kappa shape index (κ2) is 6.66. The maximum atomic E-state index is 11.7. The fourth-order valence-corrected chi connectivity index (χ4v) is 2.57. The van der Waals surface area contributed by atoms with Gasteiger partial charge in [0.05, 0.1) is 0 Å². The summed E-state index contributed by atoms with van der Waals surface area (Å²) >= 11 is 0. The molecule has 0 radical (unpaired) electrons. The number of carbonyl (C=O) groups excluding carboxylic acids is 2. The summed E-state index contributed by atoms with van der Waals surface area (Å²) in [6, 6.07) is 0. The largest absolute Gasteiger partial charge is 0.359 e. The molecule has 1 fully saturated rings. The summed E-state index contributed by atoms with van der Waals surface area (Å²) in [4.78, 5) is 23.0. The molecule has 0 saturated heterocycles. The lowest BCUT2D eigenvalue weighted by molar-refractivity contribution is -0.123. The molecule has 1 aliphatic carbocycles. The van der Waals surface area contributed by atoms with E-state index in [0.717, 1.165) is 19.3 Å². The molecule has 1 rings (SSSR count). The van der Waals surface area contributed by atoms with Crippen LogP contribution in [0.2, 0.25) is 0 Å². The van der Waals surface area contributed by atoms with Crippen molar-refractivity contribution in [2.75, 3.05) is 7.05 Å². The van der Waals surface area contributed by atoms with Crippen molar-refractivity contribution in [1.29, 1.82) is 0 Å². The van der Waals surface area contributed by atoms with E-state index in [9.17, 15) is 9.59 Å². The molecule has 2 atom stereocenters. The summed E-state index contributed by atoms with van der Waals surface area (Å²) in [5.41, 5.74) is 0. The number of nitrogens with one attached hydrogen (secondary N) is 1. The molecule has 0 heterocycles. The molecule has 0 aromatic carbocycles. The average Bonchev–Trinajstić information content (AvgIpc) is 2.61. The van der Waals surface area contributed by atoms with Crippen LogP contribution in [0.1, 0.15) is 51.9 Å². The molecule has 1 amide bonds. The first-order valence-electron chi connectivity index (χ1n) is 6.42. The third kappa shape index (κ3) is 3.62. The van der Waals surface area contributed by atoms with Crippen molar-refractivity contribution in [2.45, 2.75) is 51.9 Å². The summed E-state index contributed by atoms with van der Waals surface area (Å²) < 4.78 is 0. The van der Waals surface area contributed by atoms with Crippen LogP contribution in [0.25, 0.3) is 0 Å². The van der Waals surface area contributed by atoms with Crippen LogP contribution >= 0.6 is 0 Å². The fourth-order valence-electron chi connectivity index (χ4n) is 2.57. The lowest BCUT2D eigenvalue weighted by Crippen LogP contribution is -2.24. The lowest BCUT2D eigenvalue weighted by atomic mass is 9.88. The van der Waals surface area contributed by atoms with Gasteiger partial charge in [-0.15, -0.1) is 0 Å². The van der Waals surface area contributed by atoms with Crippen LogP contribution in [-0.2, 0) is 9.59 Å². The zero-order valence-electron chi connectivity index (χ0n) is 10.4. The number of hydrogen-bond acceptors (Lipinski definition) is 2. The normalized spacial score (nSPS) is 24.8. The Morgan fingerprint density at radius 3 is 2.81 bits per heavy atom. The molecule has 0 aromatic heterocycles. The number of ketones is 1. The standard InChI is InChI=1S/C13H23NO2/c1-3-4-5-6-11-10(7-8-12(11)15)9-13(16)14-2/h10-11H,3-9H2,1-2H3,(H,14,16). The first kappa shape index (κ1) is 13.2. The van der Waals surface area contributed by atoms with Crippen LogP contribution < -0.4 is 5.32 Å². The van der Waals surface area contributed by atoms with Gasteiger partial charge in [0.25, 0.3) is 0 Å². The van der Waals surface area contributed by atoms with Crippen molar-refractivity contribution < 1.29 is 9.59 Å². The smallest absolute Gasteiger partial charge is 0.220 e. The lowest BCUT2D eigenvalue weighted by Gasteiger charge is -2.17. The molecule has 1 aliphatic rings. The quantitative estimate of drug-likeness (QED) is 0.705. The number of carbonyl (C=O) groups is 2. The fraction of sp³-hybridized carbons (Fsp3) is 0.846. The summed E-state index contributed by atoms with van der Waals surface area (Å²) in [5, 5.41) is 2.64. The SMILES string of the molecule is CCCCCC1C(=O)CCC1CC(=O)NC. The Hall–Kier alpha value is -0.860. The second-order valence-corrected chi connectivity index (χ2v) is 4.74. The Morgan fingerprint density at radius 2 is 2.19 bits per heavy atom. The van der Waals surface area contributed by atoms with Crippen LogP contribution in [-0.4, -0.2) is 18.7 Å². The van der Waals surface area contributed by atoms with Crippen LogP contribution in [0, 0.1) is 11.8 Å². The molecule has 3 heteroatoms. The Bertz CT molecular complexity index is 250. The van der Waals surface area contributed by atoms with E-state index in [4.69, 9.17) is 0 Å². The topological polar surface area (TPSA) is 46.2 Å². The van der Waals surface area contributed by atoms with Gasteiger partial charge in [-0.1, -0.05) is 26.2 Å². The molecular formula is C13H23NO2. The summed E-state index contributed by atoms with van der Waals surface area (Å²) in [6.45, 7) is 2.17. The van der Waals surface area contributed by atoms with E-state index in [2.05, 4.69) is 12.2 Å². The first-order valence-corrected chi connectivity index (χ1v) is 6.42. The van der Waals surface area contributed by atoms with Crippen molar-refractivity contribution in [3.8, 4) is 0 Å². The maximum Gasteiger partial charge on any atom is 0.220 e. The minimum atomic E-state index is 0.0696. The molecule has 2 unspecified atom stereocenters. The van der Waals surface area contributed by atoms with Gasteiger partial charge in [0.2, 0.25) is 5.91 Å². The highest BCUT2D eigenvalue weighted by Gasteiger charge is 2.34. The molecule has 0 aliphatic heterocycles. The summed E-state index contributed by atoms with van der Waals surface area (Å²) in [7, 11) is 1.66. The van der Waals surface area contributed by atoms with Crippen LogP contribution in [0.5, 0.6) is 0 Å². The Labute approximate surface area is 98.0 Å². The number of rotatable bonds is 6. The van der Waals surface area contributed by atoms with Gasteiger partial charge in [-0.3, -0.25) is 9.59 Å². The second-order valence-electron chi connectivity index (χ2n) is 4.74. The third-order valence-corrected chi connectivity index (χ3v) is 3.59. The maximum absolute atomic E-state index is 11.7. The van der Waals surface area contributed by atoms with Crippen molar-refractivity contribution in [3.63, 3.8) is 0 Å². The molecule has 0 aromatic rings. The van der Waals surface area contributed by atoms with Gasteiger partial charge in [0.15, 0.2) is 0 Å². The van der Waals surface area contributed by atoms with Gasteiger partial charge in [0, 0.05) is 25.8 Å². The van der Waals surface area contributed by atoms with E-state index < -0.39 is 0 Å². The van der Waals surface area contributed by atoms with E-state index >= 15 is 0 Å². The molecule has 0 spiro atoms. The zero-order chi connectivity index (χ0) is 12.0. The highest BCUT2D eigenvalue weighted by atomic mass is 16.1. The van der Waals surface area contributed by atoms with Gasteiger partial charge < -0.3 is 5.32 Å². The molecule has 0 bridgehead atoms. The Morgan fingerprint density at radius 1 is 1.44 bits per heavy atom. The minimum absolute atomic E-state index is 0.0696. The van der Waals surface area contributed by atoms with Crippen LogP contribution in [0.15, 0.2) is 0 Å². The molecule has 92 valence electrons. The summed E-state index contributed by atoms with van der Waals surface area (Å²) in [6.07, 6.45) is 6.59. The number of Topliss-reactive ketones (excluding diaryl/α,β-unsaturated/α-hetero) is 1. The van der Waals surface area contributed by atoms with E-state index in [1.54, 1.807) is 7.05 Å². The third-order valence-electron chi connectivity index (χ3n) is 3.59. The molecule has 1 N–H and O–H groups in total. The van der Waals surface area contributed by atoms with Crippen molar-refractivity contribution in [1.82, 2.24) is 5.32 Å². The highest BCUT2D eigenvalue weighted by molar-refractivity contribution is 5.85. The van der Waals surface area contributed by atoms with Crippen LogP contribution in [0.3, 0.4) is 0 Å². The van der Waals surface area contributed by atoms with Gasteiger partial charge in [-0.2, -0.15) is 0 Å². The zero-order valence-corrected chi connectivity index (χ0v) is 10.4. The summed E-state index contributed by atoms with van der Waals surface area (Å²) in [5.74, 6) is 0.901. The monoisotopic (exact) mass is 225 g/mol. The van der Waals surface area contributed by atoms with Crippen molar-refractivity contribution >= 4 is 11.7 Å². The number of unbranched alkanes of at least 4 members (excludes halogenated alkanes) is 2. The van der Waals surface area contributed by atoms with Gasteiger partial charge in [0.1, 0.15) is 5.78 Å². The first-order chi connectivity index (χ1) is 7.69. The van der Waals surface area contributed by atoms with E-state index in [-0.39, 0.29) is 11.8 Å². The van der Waals surface area contributed by atoms with Gasteiger partial charge in [-0.05, 0) is 18.8 Å². The minimum Gasteiger partial charge on any atom is -0.359 e. The van der Waals surface area contributed by atoms with Gasteiger partial charge in [-0.25, -0.2) is 0 Å². The molecule has 1 saturated carbocycles. The predicted molar refractivity (Wildman–Crippen MR) is 64.0 cm³/mol. The van der Waals surface area contributed by atoms with Crippen molar-refractivity contribution in [2.24, 2.45) is 11.8 Å². The molecule has 16 heavy (non-hydrogen) atoms. The Balaban J connectivity index is 2.42. The van der Waals surface area contributed by atoms with E-state index in [1.165, 1.54) is 12.8 Å². The Kier molecular flexibility index (Phi) is 5.50. The van der Waals surface area contributed by atoms with E-state index in [0.29, 0.717) is 24.5 Å². The average molecular weight is 225 g/mol. The van der Waals surface area contributed by atoms with E-state index in [1.807, 2.05) is 0 Å². The number of hydrogen-bond donors (Lipinski definition) is 1. The highest BCUT2D eigenvalue weighted by Crippen LogP contribution is 2.34. The number of amides is 1. The molecular weight excluding hydrogens is 202 g/mol. The van der Waals surface area contributed by atoms with Crippen LogP contribution in [0.4, 0.5) is 0 Å². The van der Waals surface area contributed by atoms with Crippen molar-refractivity contribution in [3.05, 3.63) is 0 Å². The van der Waals surface area contributed by atoms with Gasteiger partial charge >= 0.3 is 0 Å². The molecule has 3 nitrogen and oxygen atoms in total. The predicted octanol–water partition coefficient (Wildman–Crippen LogP) is 2.30.